The molecule has 0 saturated heterocycles. The van der Waals surface area contributed by atoms with Crippen LogP contribution in [0, 0.1) is 5.92 Å². The molecule has 1 aliphatic carbocycles. The fourth-order valence-electron chi connectivity index (χ4n) is 3.35. The third-order valence-electron chi connectivity index (χ3n) is 4.79. The Hall–Kier alpha value is -2.46. The van der Waals surface area contributed by atoms with E-state index in [-0.39, 0.29) is 34.7 Å². The number of esters is 1. The molecule has 1 fully saturated rings. The van der Waals surface area contributed by atoms with Crippen molar-refractivity contribution in [3.05, 3.63) is 35.5 Å². The van der Waals surface area contributed by atoms with Gasteiger partial charge in [-0.05, 0) is 37.0 Å². The summed E-state index contributed by atoms with van der Waals surface area (Å²) in [4.78, 5) is 16.5. The molecule has 0 atom stereocenters. The van der Waals surface area contributed by atoms with E-state index in [1.807, 2.05) is 13.8 Å². The summed E-state index contributed by atoms with van der Waals surface area (Å²) in [5, 5.41) is 3.84. The van der Waals surface area contributed by atoms with Crippen molar-refractivity contribution in [2.45, 2.75) is 63.5 Å². The minimum absolute atomic E-state index is 0.0875. The fraction of sp³-hybridized carbons (Fsp3) is 0.550. The highest BCUT2D eigenvalue weighted by molar-refractivity contribution is 7.89. The summed E-state index contributed by atoms with van der Waals surface area (Å²) >= 11 is 0. The molecule has 0 aliphatic heterocycles. The third-order valence-corrected chi connectivity index (χ3v) is 6.34. The summed E-state index contributed by atoms with van der Waals surface area (Å²) in [6.07, 6.45) is 4.24. The van der Waals surface area contributed by atoms with Crippen LogP contribution in [0.25, 0.3) is 0 Å². The Bertz CT molecular complexity index is 980. The number of hydrogen-bond acceptors (Lipinski definition) is 8. The number of aromatic nitrogens is 2. The van der Waals surface area contributed by atoms with Crippen LogP contribution in [0.5, 0.6) is 5.75 Å². The lowest BCUT2D eigenvalue weighted by molar-refractivity contribution is 0.0429. The molecular formula is C20H27N3O6S. The maximum atomic E-state index is 12.8. The van der Waals surface area contributed by atoms with Crippen molar-refractivity contribution in [3.8, 4) is 5.75 Å². The minimum atomic E-state index is -3.84. The maximum absolute atomic E-state index is 12.8. The Morgan fingerprint density at radius 1 is 1.30 bits per heavy atom. The predicted molar refractivity (Wildman–Crippen MR) is 108 cm³/mol. The lowest BCUT2D eigenvalue weighted by Crippen LogP contribution is -2.33. The average molecular weight is 438 g/mol. The number of nitrogens with zero attached hydrogens (tertiary/aromatic N) is 2. The molecule has 3 rings (SSSR count). The van der Waals surface area contributed by atoms with E-state index in [4.69, 9.17) is 14.0 Å². The molecular weight excluding hydrogens is 410 g/mol. The van der Waals surface area contributed by atoms with E-state index in [1.54, 1.807) is 0 Å². The number of ether oxygens (including phenoxy) is 2. The SMILES string of the molecule is COc1ccc(C(=O)OCc2nc(CC(C)C)no2)cc1S(=O)(=O)NC1CCCC1. The van der Waals surface area contributed by atoms with Gasteiger partial charge in [0.05, 0.1) is 12.7 Å². The highest BCUT2D eigenvalue weighted by Crippen LogP contribution is 2.27. The van der Waals surface area contributed by atoms with Crippen molar-refractivity contribution < 1.29 is 27.2 Å². The highest BCUT2D eigenvalue weighted by atomic mass is 32.2. The maximum Gasteiger partial charge on any atom is 0.338 e. The van der Waals surface area contributed by atoms with Gasteiger partial charge in [0, 0.05) is 12.5 Å². The lowest BCUT2D eigenvalue weighted by Gasteiger charge is -2.15. The van der Waals surface area contributed by atoms with Crippen molar-refractivity contribution >= 4 is 16.0 Å². The van der Waals surface area contributed by atoms with Gasteiger partial charge < -0.3 is 14.0 Å². The van der Waals surface area contributed by atoms with E-state index in [9.17, 15) is 13.2 Å². The molecule has 9 nitrogen and oxygen atoms in total. The van der Waals surface area contributed by atoms with Gasteiger partial charge in [0.25, 0.3) is 5.89 Å². The second-order valence-corrected chi connectivity index (χ2v) is 9.43. The van der Waals surface area contributed by atoms with Crippen LogP contribution in [0.4, 0.5) is 0 Å². The van der Waals surface area contributed by atoms with Crippen LogP contribution in [0.15, 0.2) is 27.6 Å². The number of rotatable bonds is 9. The first-order chi connectivity index (χ1) is 14.3. The largest absolute Gasteiger partial charge is 0.495 e. The average Bonchev–Trinajstić information content (AvgIpc) is 3.36. The van der Waals surface area contributed by atoms with Crippen molar-refractivity contribution in [1.82, 2.24) is 14.9 Å². The molecule has 1 aliphatic rings. The van der Waals surface area contributed by atoms with Crippen LogP contribution >= 0.6 is 0 Å². The molecule has 0 amide bonds. The number of methoxy groups -OCH3 is 1. The van der Waals surface area contributed by atoms with Crippen molar-refractivity contribution in [3.63, 3.8) is 0 Å². The molecule has 0 spiro atoms. The zero-order valence-electron chi connectivity index (χ0n) is 17.4. The van der Waals surface area contributed by atoms with Gasteiger partial charge in [0.1, 0.15) is 10.6 Å². The van der Waals surface area contributed by atoms with E-state index in [1.165, 1.54) is 25.3 Å². The molecule has 1 aromatic heterocycles. The van der Waals surface area contributed by atoms with E-state index in [0.717, 1.165) is 25.7 Å². The Morgan fingerprint density at radius 3 is 2.70 bits per heavy atom. The normalized spacial score (nSPS) is 14.9. The molecule has 1 saturated carbocycles. The molecule has 1 aromatic carbocycles. The van der Waals surface area contributed by atoms with Crippen LogP contribution in [0.2, 0.25) is 0 Å². The van der Waals surface area contributed by atoms with Crippen molar-refractivity contribution in [2.75, 3.05) is 7.11 Å². The van der Waals surface area contributed by atoms with Gasteiger partial charge in [-0.15, -0.1) is 0 Å². The first-order valence-electron chi connectivity index (χ1n) is 9.97. The number of sulfonamides is 1. The standard InChI is InChI=1S/C20H27N3O6S/c1-13(2)10-18-21-19(29-22-18)12-28-20(24)14-8-9-16(27-3)17(11-14)30(25,26)23-15-6-4-5-7-15/h8-9,11,13,15,23H,4-7,10,12H2,1-3H3. The summed E-state index contributed by atoms with van der Waals surface area (Å²) in [6, 6.07) is 4.05. The topological polar surface area (TPSA) is 121 Å². The fourth-order valence-corrected chi connectivity index (χ4v) is 4.85. The van der Waals surface area contributed by atoms with Gasteiger partial charge in [0.15, 0.2) is 12.4 Å². The predicted octanol–water partition coefficient (Wildman–Crippen LogP) is 2.85. The zero-order chi connectivity index (χ0) is 21.7. The first kappa shape index (κ1) is 22.2. The Kier molecular flexibility index (Phi) is 7.09. The Morgan fingerprint density at radius 2 is 2.03 bits per heavy atom. The van der Waals surface area contributed by atoms with Gasteiger partial charge in [0.2, 0.25) is 10.0 Å². The van der Waals surface area contributed by atoms with Crippen LogP contribution in [-0.2, 0) is 27.8 Å². The second kappa shape index (κ2) is 9.57. The Balaban J connectivity index is 1.71. The van der Waals surface area contributed by atoms with Crippen LogP contribution in [0.3, 0.4) is 0 Å². The summed E-state index contributed by atoms with van der Waals surface area (Å²) in [5.74, 6) is 0.566. The lowest BCUT2D eigenvalue weighted by atomic mass is 10.1. The monoisotopic (exact) mass is 437 g/mol. The van der Waals surface area contributed by atoms with E-state index >= 15 is 0 Å². The zero-order valence-corrected chi connectivity index (χ0v) is 18.2. The molecule has 0 radical (unpaired) electrons. The summed E-state index contributed by atoms with van der Waals surface area (Å²) in [5.41, 5.74) is 0.0875. The van der Waals surface area contributed by atoms with Crippen molar-refractivity contribution in [1.29, 1.82) is 0 Å². The first-order valence-corrected chi connectivity index (χ1v) is 11.5. The van der Waals surface area contributed by atoms with E-state index in [2.05, 4.69) is 14.9 Å². The molecule has 30 heavy (non-hydrogen) atoms. The van der Waals surface area contributed by atoms with Crippen molar-refractivity contribution in [2.24, 2.45) is 5.92 Å². The van der Waals surface area contributed by atoms with Crippen LogP contribution < -0.4 is 9.46 Å². The number of carbonyl (C=O) groups excluding carboxylic acids is 1. The second-order valence-electron chi connectivity index (χ2n) is 7.75. The number of nitrogens with one attached hydrogen (secondary N) is 1. The molecule has 1 heterocycles. The third kappa shape index (κ3) is 5.57. The van der Waals surface area contributed by atoms with Crippen LogP contribution in [-0.4, -0.2) is 37.7 Å². The molecule has 164 valence electrons. The van der Waals surface area contributed by atoms with Gasteiger partial charge in [-0.3, -0.25) is 0 Å². The van der Waals surface area contributed by atoms with Gasteiger partial charge >= 0.3 is 5.97 Å². The molecule has 0 bridgehead atoms. The summed E-state index contributed by atoms with van der Waals surface area (Å²) in [6.45, 7) is 3.87. The number of carbonyl (C=O) groups is 1. The van der Waals surface area contributed by atoms with E-state index in [0.29, 0.717) is 18.2 Å². The molecule has 1 N–H and O–H groups in total. The van der Waals surface area contributed by atoms with Gasteiger partial charge in [-0.25, -0.2) is 17.9 Å². The molecule has 10 heteroatoms. The number of hydrogen-bond donors (Lipinski definition) is 1. The van der Waals surface area contributed by atoms with Gasteiger partial charge in [-0.1, -0.05) is 31.8 Å². The van der Waals surface area contributed by atoms with E-state index < -0.39 is 16.0 Å². The minimum Gasteiger partial charge on any atom is -0.495 e. The highest BCUT2D eigenvalue weighted by Gasteiger charge is 2.27. The quantitative estimate of drug-likeness (QED) is 0.595. The number of benzene rings is 1. The summed E-state index contributed by atoms with van der Waals surface area (Å²) < 4.78 is 43.9. The molecule has 0 unspecified atom stereocenters. The van der Waals surface area contributed by atoms with Gasteiger partial charge in [-0.2, -0.15) is 4.98 Å². The smallest absolute Gasteiger partial charge is 0.338 e. The molecule has 2 aromatic rings. The van der Waals surface area contributed by atoms with Crippen LogP contribution in [0.1, 0.15) is 61.6 Å². The summed E-state index contributed by atoms with van der Waals surface area (Å²) in [7, 11) is -2.46. The Labute approximate surface area is 176 Å².